The smallest absolute Gasteiger partial charge is 0.340 e. The first-order valence-electron chi connectivity index (χ1n) is 12.2. The molecule has 0 spiro atoms. The van der Waals surface area contributed by atoms with Crippen molar-refractivity contribution in [2.75, 3.05) is 13.7 Å². The van der Waals surface area contributed by atoms with Gasteiger partial charge in [-0.15, -0.1) is 0 Å². The minimum Gasteiger partial charge on any atom is -0.465 e. The second-order valence-electron chi connectivity index (χ2n) is 9.42. The summed E-state index contributed by atoms with van der Waals surface area (Å²) in [6, 6.07) is 7.86. The number of hydrogen-bond donors (Lipinski definition) is 0. The van der Waals surface area contributed by atoms with Gasteiger partial charge in [-0.3, -0.25) is 4.79 Å². The molecule has 0 saturated heterocycles. The van der Waals surface area contributed by atoms with Gasteiger partial charge in [0.1, 0.15) is 0 Å². The summed E-state index contributed by atoms with van der Waals surface area (Å²) < 4.78 is 7.21. The zero-order chi connectivity index (χ0) is 25.3. The Morgan fingerprint density at radius 1 is 1.14 bits per heavy atom. The second kappa shape index (κ2) is 10.3. The van der Waals surface area contributed by atoms with Crippen molar-refractivity contribution >= 4 is 29.6 Å². The lowest BCUT2D eigenvalue weighted by Gasteiger charge is -2.20. The van der Waals surface area contributed by atoms with E-state index in [0.717, 1.165) is 47.5 Å². The molecule has 1 aromatic carbocycles. The standard InChI is InChI=1S/C29H33ClN2O3/c1-18-11-12-24(30)17-26(18)32-19(2)15-23(20(32)3)16-25-27(29(34)35-5)21(4)31(28(25)33)14-13-22-9-7-6-8-10-22/h9,11-12,15-17H,6-8,10,13-14H2,1-5H3. The molecule has 2 aromatic rings. The lowest BCUT2D eigenvalue weighted by Crippen LogP contribution is -2.26. The van der Waals surface area contributed by atoms with Crippen molar-refractivity contribution in [1.82, 2.24) is 9.47 Å². The van der Waals surface area contributed by atoms with Crippen LogP contribution in [0, 0.1) is 20.8 Å². The summed E-state index contributed by atoms with van der Waals surface area (Å²) in [5.74, 6) is -0.635. The van der Waals surface area contributed by atoms with Crippen molar-refractivity contribution < 1.29 is 14.3 Å². The molecule has 5 nitrogen and oxygen atoms in total. The molecule has 0 saturated carbocycles. The number of ether oxygens (including phenoxy) is 1. The van der Waals surface area contributed by atoms with Gasteiger partial charge in [0.25, 0.3) is 5.91 Å². The van der Waals surface area contributed by atoms with Crippen LogP contribution in [0.3, 0.4) is 0 Å². The van der Waals surface area contributed by atoms with Crippen molar-refractivity contribution in [3.8, 4) is 5.69 Å². The summed E-state index contributed by atoms with van der Waals surface area (Å²) in [6.07, 6.45) is 9.59. The Hall–Kier alpha value is -3.05. The van der Waals surface area contributed by atoms with E-state index in [0.29, 0.717) is 28.4 Å². The van der Waals surface area contributed by atoms with E-state index >= 15 is 0 Å². The summed E-state index contributed by atoms with van der Waals surface area (Å²) in [5.41, 5.74) is 7.76. The molecule has 6 heteroatoms. The molecule has 0 radical (unpaired) electrons. The van der Waals surface area contributed by atoms with Gasteiger partial charge in [0.2, 0.25) is 0 Å². The fourth-order valence-corrected chi connectivity index (χ4v) is 5.33. The zero-order valence-corrected chi connectivity index (χ0v) is 22.0. The first kappa shape index (κ1) is 25.1. The lowest BCUT2D eigenvalue weighted by atomic mass is 9.97. The van der Waals surface area contributed by atoms with Crippen molar-refractivity contribution in [1.29, 1.82) is 0 Å². The van der Waals surface area contributed by atoms with Crippen LogP contribution in [0.2, 0.25) is 5.02 Å². The normalized spacial score (nSPS) is 17.4. The van der Waals surface area contributed by atoms with Crippen LogP contribution in [-0.2, 0) is 14.3 Å². The highest BCUT2D eigenvalue weighted by Crippen LogP contribution is 2.34. The van der Waals surface area contributed by atoms with E-state index < -0.39 is 5.97 Å². The van der Waals surface area contributed by atoms with Crippen LogP contribution in [0.25, 0.3) is 11.8 Å². The number of hydrogen-bond acceptors (Lipinski definition) is 3. The molecular formula is C29H33ClN2O3. The van der Waals surface area contributed by atoms with Gasteiger partial charge < -0.3 is 14.2 Å². The molecule has 1 aliphatic carbocycles. The van der Waals surface area contributed by atoms with E-state index in [1.54, 1.807) is 4.90 Å². The molecule has 0 bridgehead atoms. The number of rotatable bonds is 6. The predicted molar refractivity (Wildman–Crippen MR) is 141 cm³/mol. The van der Waals surface area contributed by atoms with Crippen molar-refractivity contribution in [3.63, 3.8) is 0 Å². The topological polar surface area (TPSA) is 51.5 Å². The van der Waals surface area contributed by atoms with Crippen molar-refractivity contribution in [2.45, 2.75) is 59.8 Å². The van der Waals surface area contributed by atoms with Gasteiger partial charge in [-0.2, -0.15) is 0 Å². The number of carbonyl (C=O) groups is 2. The number of aryl methyl sites for hydroxylation is 2. The maximum atomic E-state index is 13.6. The lowest BCUT2D eigenvalue weighted by molar-refractivity contribution is -0.136. The summed E-state index contributed by atoms with van der Waals surface area (Å²) in [6.45, 7) is 8.48. The molecule has 0 atom stereocenters. The van der Waals surface area contributed by atoms with Crippen LogP contribution in [0.5, 0.6) is 0 Å². The second-order valence-corrected chi connectivity index (χ2v) is 9.85. The number of methoxy groups -OCH3 is 1. The Morgan fingerprint density at radius 2 is 1.91 bits per heavy atom. The minimum atomic E-state index is -0.485. The third kappa shape index (κ3) is 4.87. The third-order valence-corrected chi connectivity index (χ3v) is 7.36. The Balaban J connectivity index is 1.72. The summed E-state index contributed by atoms with van der Waals surface area (Å²) in [5, 5.41) is 0.666. The van der Waals surface area contributed by atoms with Gasteiger partial charge in [-0.05, 0) is 95.2 Å². The van der Waals surface area contributed by atoms with Crippen molar-refractivity contribution in [2.24, 2.45) is 0 Å². The van der Waals surface area contributed by atoms with E-state index in [4.69, 9.17) is 16.3 Å². The summed E-state index contributed by atoms with van der Waals surface area (Å²) in [4.78, 5) is 28.0. The van der Waals surface area contributed by atoms with E-state index in [1.807, 2.05) is 58.0 Å². The fourth-order valence-electron chi connectivity index (χ4n) is 5.17. The predicted octanol–water partition coefficient (Wildman–Crippen LogP) is 6.62. The minimum absolute atomic E-state index is 0.150. The number of nitrogens with zero attached hydrogens (tertiary/aromatic N) is 2. The molecule has 0 unspecified atom stereocenters. The van der Waals surface area contributed by atoms with Crippen LogP contribution in [0.4, 0.5) is 0 Å². The quantitative estimate of drug-likeness (QED) is 0.258. The van der Waals surface area contributed by atoms with E-state index in [1.165, 1.54) is 25.5 Å². The van der Waals surface area contributed by atoms with E-state index in [-0.39, 0.29) is 5.91 Å². The average molecular weight is 493 g/mol. The van der Waals surface area contributed by atoms with Gasteiger partial charge in [0.05, 0.1) is 18.3 Å². The molecule has 1 amide bonds. The van der Waals surface area contributed by atoms with Gasteiger partial charge in [0, 0.05) is 34.3 Å². The maximum absolute atomic E-state index is 13.6. The number of aromatic nitrogens is 1. The SMILES string of the molecule is COC(=O)C1=C(C)N(CCC2=CCCCC2)C(=O)C1=Cc1cc(C)n(-c2cc(Cl)ccc2C)c1C. The molecule has 0 fully saturated rings. The number of allylic oxidation sites excluding steroid dienone is 2. The Labute approximate surface area is 212 Å². The molecule has 4 rings (SSSR count). The molecule has 184 valence electrons. The number of carbonyl (C=O) groups excluding carboxylic acids is 2. The van der Waals surface area contributed by atoms with Crippen LogP contribution in [0.1, 0.15) is 61.5 Å². The maximum Gasteiger partial charge on any atom is 0.340 e. The summed E-state index contributed by atoms with van der Waals surface area (Å²) in [7, 11) is 1.36. The highest BCUT2D eigenvalue weighted by molar-refractivity contribution is 6.30. The molecule has 35 heavy (non-hydrogen) atoms. The Bertz CT molecular complexity index is 1280. The van der Waals surface area contributed by atoms with E-state index in [2.05, 4.69) is 10.6 Å². The first-order chi connectivity index (χ1) is 16.7. The molecule has 2 aliphatic rings. The van der Waals surface area contributed by atoms with Crippen LogP contribution in [0.15, 0.2) is 52.8 Å². The fraction of sp³-hybridized carbons (Fsp3) is 0.379. The van der Waals surface area contributed by atoms with Crippen LogP contribution < -0.4 is 0 Å². The molecule has 2 heterocycles. The molecule has 1 aromatic heterocycles. The first-order valence-corrected chi connectivity index (χ1v) is 12.6. The number of esters is 1. The number of halogens is 1. The Morgan fingerprint density at radius 3 is 2.60 bits per heavy atom. The van der Waals surface area contributed by atoms with Crippen molar-refractivity contribution in [3.05, 3.63) is 80.3 Å². The molecular weight excluding hydrogens is 460 g/mol. The van der Waals surface area contributed by atoms with Gasteiger partial charge in [0.15, 0.2) is 0 Å². The highest BCUT2D eigenvalue weighted by Gasteiger charge is 2.37. The van der Waals surface area contributed by atoms with E-state index in [9.17, 15) is 9.59 Å². The van der Waals surface area contributed by atoms with Gasteiger partial charge in [-0.25, -0.2) is 4.79 Å². The monoisotopic (exact) mass is 492 g/mol. The van der Waals surface area contributed by atoms with Gasteiger partial charge >= 0.3 is 5.97 Å². The van der Waals surface area contributed by atoms with Gasteiger partial charge in [-0.1, -0.05) is 29.3 Å². The van der Waals surface area contributed by atoms with Crippen LogP contribution >= 0.6 is 11.6 Å². The molecule has 1 aliphatic heterocycles. The summed E-state index contributed by atoms with van der Waals surface area (Å²) >= 11 is 6.29. The zero-order valence-electron chi connectivity index (χ0n) is 21.2. The third-order valence-electron chi connectivity index (χ3n) is 7.12. The average Bonchev–Trinajstić information content (AvgIpc) is 3.25. The Kier molecular flexibility index (Phi) is 7.36. The largest absolute Gasteiger partial charge is 0.465 e. The number of amides is 1. The molecule has 0 N–H and O–H groups in total. The number of benzene rings is 1. The highest BCUT2D eigenvalue weighted by atomic mass is 35.5. The van der Waals surface area contributed by atoms with Crippen LogP contribution in [-0.4, -0.2) is 35.0 Å².